The van der Waals surface area contributed by atoms with Gasteiger partial charge in [-0.05, 0) is 0 Å². The Bertz CT molecular complexity index is 649. The van der Waals surface area contributed by atoms with Crippen LogP contribution in [-0.4, -0.2) is 62.9 Å². The third kappa shape index (κ3) is 2.84. The summed E-state index contributed by atoms with van der Waals surface area (Å²) in [5.74, 6) is 0.920. The minimum atomic E-state index is -3.69. The van der Waals surface area contributed by atoms with Gasteiger partial charge in [0.1, 0.15) is 18.1 Å². The van der Waals surface area contributed by atoms with Gasteiger partial charge in [-0.15, -0.1) is 11.3 Å². The molecule has 0 unspecified atom stereocenters. The van der Waals surface area contributed by atoms with E-state index in [9.17, 15) is 13.2 Å². The van der Waals surface area contributed by atoms with Crippen LogP contribution < -0.4 is 14.6 Å². The van der Waals surface area contributed by atoms with E-state index < -0.39 is 10.2 Å². The van der Waals surface area contributed by atoms with Gasteiger partial charge >= 0.3 is 0 Å². The average molecular weight is 333 g/mol. The minimum absolute atomic E-state index is 0.166. The van der Waals surface area contributed by atoms with Crippen molar-refractivity contribution in [3.8, 4) is 11.5 Å². The summed E-state index contributed by atoms with van der Waals surface area (Å²) in [4.78, 5) is 14.6. The summed E-state index contributed by atoms with van der Waals surface area (Å²) in [5, 5.41) is 6.83. The molecule has 3 heterocycles. The lowest BCUT2D eigenvalue weighted by Gasteiger charge is -2.32. The van der Waals surface area contributed by atoms with E-state index in [0.29, 0.717) is 42.7 Å². The Morgan fingerprint density at radius 1 is 1.19 bits per heavy atom. The molecule has 8 nitrogen and oxygen atoms in total. The van der Waals surface area contributed by atoms with Gasteiger partial charge in [-0.25, -0.2) is 5.14 Å². The molecule has 3 rings (SSSR count). The van der Waals surface area contributed by atoms with Gasteiger partial charge < -0.3 is 14.4 Å². The molecule has 0 saturated carbocycles. The Labute approximate surface area is 126 Å². The normalized spacial score (nSPS) is 19.6. The molecule has 10 heteroatoms. The summed E-state index contributed by atoms with van der Waals surface area (Å²) in [6.45, 7) is 1.92. The molecule has 1 aromatic rings. The second-order valence-corrected chi connectivity index (χ2v) is 7.12. The van der Waals surface area contributed by atoms with Gasteiger partial charge in [0.05, 0.1) is 0 Å². The quantitative estimate of drug-likeness (QED) is 0.785. The largest absolute Gasteiger partial charge is 0.485 e. The van der Waals surface area contributed by atoms with Crippen LogP contribution in [0.25, 0.3) is 0 Å². The zero-order chi connectivity index (χ0) is 15.0. The van der Waals surface area contributed by atoms with E-state index in [4.69, 9.17) is 14.6 Å². The third-order valence-electron chi connectivity index (χ3n) is 3.38. The Morgan fingerprint density at radius 2 is 1.86 bits per heavy atom. The van der Waals surface area contributed by atoms with Crippen molar-refractivity contribution in [3.05, 3.63) is 10.3 Å². The summed E-state index contributed by atoms with van der Waals surface area (Å²) in [5.41, 5.74) is 0. The fourth-order valence-corrected chi connectivity index (χ4v) is 3.87. The molecule has 0 spiro atoms. The smallest absolute Gasteiger partial charge is 0.277 e. The first kappa shape index (κ1) is 14.6. The van der Waals surface area contributed by atoms with Crippen LogP contribution in [-0.2, 0) is 10.2 Å². The van der Waals surface area contributed by atoms with E-state index in [2.05, 4.69) is 0 Å². The SMILES string of the molecule is NS(=O)(=O)N1CCN(C(=O)c2scc3c2OCCO3)CC1. The summed E-state index contributed by atoms with van der Waals surface area (Å²) >= 11 is 1.28. The summed E-state index contributed by atoms with van der Waals surface area (Å²) in [7, 11) is -3.69. The first-order valence-corrected chi connectivity index (χ1v) is 8.79. The van der Waals surface area contributed by atoms with Gasteiger partial charge in [0.2, 0.25) is 0 Å². The topological polar surface area (TPSA) is 102 Å². The molecule has 0 atom stereocenters. The maximum absolute atomic E-state index is 12.5. The van der Waals surface area contributed by atoms with Crippen molar-refractivity contribution in [3.63, 3.8) is 0 Å². The van der Waals surface area contributed by atoms with E-state index in [1.54, 1.807) is 10.3 Å². The number of nitrogens with zero attached hydrogens (tertiary/aromatic N) is 2. The number of amides is 1. The minimum Gasteiger partial charge on any atom is -0.485 e. The molecule has 21 heavy (non-hydrogen) atoms. The lowest BCUT2D eigenvalue weighted by molar-refractivity contribution is 0.0694. The highest BCUT2D eigenvalue weighted by atomic mass is 32.2. The van der Waals surface area contributed by atoms with Gasteiger partial charge in [-0.2, -0.15) is 12.7 Å². The standard InChI is InChI=1S/C11H15N3O5S2/c12-21(16,17)14-3-1-13(2-4-14)11(15)10-9-8(7-20-10)18-5-6-19-9/h7H,1-6H2,(H2,12,16,17). The van der Waals surface area contributed by atoms with E-state index in [1.807, 2.05) is 0 Å². The summed E-state index contributed by atoms with van der Waals surface area (Å²) in [6.07, 6.45) is 0. The monoisotopic (exact) mass is 333 g/mol. The first-order chi connectivity index (χ1) is 9.97. The Morgan fingerprint density at radius 3 is 2.52 bits per heavy atom. The van der Waals surface area contributed by atoms with Crippen molar-refractivity contribution in [1.29, 1.82) is 0 Å². The maximum atomic E-state index is 12.5. The average Bonchev–Trinajstić information content (AvgIpc) is 2.90. The molecule has 116 valence electrons. The number of hydrogen-bond donors (Lipinski definition) is 1. The van der Waals surface area contributed by atoms with E-state index >= 15 is 0 Å². The highest BCUT2D eigenvalue weighted by Gasteiger charge is 2.31. The lowest BCUT2D eigenvalue weighted by atomic mass is 10.3. The molecule has 2 N–H and O–H groups in total. The molecule has 2 aliphatic rings. The van der Waals surface area contributed by atoms with Crippen LogP contribution in [0.3, 0.4) is 0 Å². The Kier molecular flexibility index (Phi) is 3.78. The first-order valence-electron chi connectivity index (χ1n) is 6.41. The Hall–Kier alpha value is -1.36. The van der Waals surface area contributed by atoms with E-state index in [-0.39, 0.29) is 19.0 Å². The molecular formula is C11H15N3O5S2. The van der Waals surface area contributed by atoms with Crippen LogP contribution in [0.4, 0.5) is 0 Å². The second kappa shape index (κ2) is 5.44. The highest BCUT2D eigenvalue weighted by molar-refractivity contribution is 7.86. The number of rotatable bonds is 2. The highest BCUT2D eigenvalue weighted by Crippen LogP contribution is 2.39. The van der Waals surface area contributed by atoms with Crippen LogP contribution in [0.2, 0.25) is 0 Å². The van der Waals surface area contributed by atoms with Crippen LogP contribution in [0, 0.1) is 0 Å². The lowest BCUT2D eigenvalue weighted by Crippen LogP contribution is -2.52. The molecule has 0 radical (unpaired) electrons. The molecule has 0 aliphatic carbocycles. The van der Waals surface area contributed by atoms with E-state index in [0.717, 1.165) is 0 Å². The summed E-state index contributed by atoms with van der Waals surface area (Å²) < 4.78 is 34.6. The van der Waals surface area contributed by atoms with Crippen molar-refractivity contribution in [2.45, 2.75) is 0 Å². The van der Waals surface area contributed by atoms with Gasteiger partial charge in [0.15, 0.2) is 11.5 Å². The maximum Gasteiger partial charge on any atom is 0.277 e. The zero-order valence-corrected chi connectivity index (χ0v) is 12.8. The number of hydrogen-bond acceptors (Lipinski definition) is 6. The van der Waals surface area contributed by atoms with Crippen molar-refractivity contribution in [2.24, 2.45) is 5.14 Å². The molecule has 1 amide bonds. The molecule has 2 aliphatic heterocycles. The van der Waals surface area contributed by atoms with Crippen LogP contribution in [0.5, 0.6) is 11.5 Å². The fraction of sp³-hybridized carbons (Fsp3) is 0.545. The van der Waals surface area contributed by atoms with Crippen LogP contribution in [0.1, 0.15) is 9.67 Å². The molecule has 0 aromatic carbocycles. The van der Waals surface area contributed by atoms with Crippen molar-refractivity contribution >= 4 is 27.5 Å². The number of carbonyl (C=O) groups is 1. The number of carbonyl (C=O) groups excluding carboxylic acids is 1. The third-order valence-corrected chi connectivity index (χ3v) is 5.39. The number of thiophene rings is 1. The predicted octanol–water partition coefficient (Wildman–Crippen LogP) is -0.519. The van der Waals surface area contributed by atoms with Gasteiger partial charge in [0.25, 0.3) is 16.1 Å². The number of piperazine rings is 1. The molecule has 1 saturated heterocycles. The molecule has 1 fully saturated rings. The second-order valence-electron chi connectivity index (χ2n) is 4.69. The molecular weight excluding hydrogens is 318 g/mol. The zero-order valence-electron chi connectivity index (χ0n) is 11.1. The van der Waals surface area contributed by atoms with Gasteiger partial charge in [0, 0.05) is 31.6 Å². The molecule has 1 aromatic heterocycles. The van der Waals surface area contributed by atoms with Gasteiger partial charge in [-0.3, -0.25) is 4.79 Å². The van der Waals surface area contributed by atoms with E-state index in [1.165, 1.54) is 15.6 Å². The number of ether oxygens (including phenoxy) is 2. The van der Waals surface area contributed by atoms with Gasteiger partial charge in [-0.1, -0.05) is 0 Å². The predicted molar refractivity (Wildman–Crippen MR) is 75.9 cm³/mol. The number of fused-ring (bicyclic) bond motifs is 1. The Balaban J connectivity index is 1.71. The van der Waals surface area contributed by atoms with Crippen molar-refractivity contribution in [2.75, 3.05) is 39.4 Å². The van der Waals surface area contributed by atoms with Crippen molar-refractivity contribution < 1.29 is 22.7 Å². The van der Waals surface area contributed by atoms with Crippen LogP contribution in [0.15, 0.2) is 5.38 Å². The van der Waals surface area contributed by atoms with Crippen molar-refractivity contribution in [1.82, 2.24) is 9.21 Å². The molecule has 0 bridgehead atoms. The fourth-order valence-electron chi connectivity index (χ4n) is 2.30. The summed E-state index contributed by atoms with van der Waals surface area (Å²) in [6, 6.07) is 0. The number of nitrogens with two attached hydrogens (primary N) is 1. The van der Waals surface area contributed by atoms with Crippen LogP contribution >= 0.6 is 11.3 Å².